The van der Waals surface area contributed by atoms with Gasteiger partial charge in [-0.1, -0.05) is 319 Å². The SMILES string of the molecule is CCCCCCCC/C=C\CCCCCCCCCC(=O)OCCCCCCCCCCC/C=C\C/C=C\CCCCCCCCCCCCCC(=O)NC(CO)C(O)/C=C/CCCCCCCCCCCCCCCCC. The molecule has 2 atom stereocenters. The average Bonchev–Trinajstić information content (AvgIpc) is 3.44. The Morgan fingerprint density at radius 2 is 0.641 bits per heavy atom. The minimum atomic E-state index is -0.848. The summed E-state index contributed by atoms with van der Waals surface area (Å²) in [5, 5.41) is 23.2. The number of rotatable bonds is 65. The molecular formula is C72H135NO5. The molecule has 0 saturated carbocycles. The third-order valence-electron chi connectivity index (χ3n) is 16.1. The van der Waals surface area contributed by atoms with Gasteiger partial charge in [-0.25, -0.2) is 0 Å². The molecule has 78 heavy (non-hydrogen) atoms. The summed E-state index contributed by atoms with van der Waals surface area (Å²) in [6.07, 6.45) is 87.5. The van der Waals surface area contributed by atoms with Gasteiger partial charge in [-0.05, 0) is 89.9 Å². The molecule has 0 aromatic heterocycles. The van der Waals surface area contributed by atoms with Gasteiger partial charge in [0.15, 0.2) is 0 Å². The molecule has 0 heterocycles. The molecule has 458 valence electrons. The monoisotopic (exact) mass is 1090 g/mol. The molecule has 2 unspecified atom stereocenters. The first-order chi connectivity index (χ1) is 38.5. The van der Waals surface area contributed by atoms with Crippen LogP contribution in [0.25, 0.3) is 0 Å². The third-order valence-corrected chi connectivity index (χ3v) is 16.1. The lowest BCUT2D eigenvalue weighted by atomic mass is 10.0. The van der Waals surface area contributed by atoms with Crippen molar-refractivity contribution >= 4 is 11.9 Å². The third kappa shape index (κ3) is 63.0. The van der Waals surface area contributed by atoms with E-state index in [0.717, 1.165) is 51.4 Å². The molecule has 6 nitrogen and oxygen atoms in total. The highest BCUT2D eigenvalue weighted by molar-refractivity contribution is 5.76. The van der Waals surface area contributed by atoms with E-state index in [0.29, 0.717) is 19.4 Å². The van der Waals surface area contributed by atoms with Crippen molar-refractivity contribution in [2.24, 2.45) is 0 Å². The fourth-order valence-corrected chi connectivity index (χ4v) is 10.7. The predicted molar refractivity (Wildman–Crippen MR) is 342 cm³/mol. The molecule has 1 amide bonds. The van der Waals surface area contributed by atoms with Gasteiger partial charge in [0.2, 0.25) is 5.91 Å². The van der Waals surface area contributed by atoms with E-state index in [1.54, 1.807) is 6.08 Å². The minimum absolute atomic E-state index is 0.00705. The zero-order valence-corrected chi connectivity index (χ0v) is 52.4. The lowest BCUT2D eigenvalue weighted by Crippen LogP contribution is -2.45. The summed E-state index contributed by atoms with van der Waals surface area (Å²) in [5.74, 6) is -0.0621. The number of allylic oxidation sites excluding steroid dienone is 7. The lowest BCUT2D eigenvalue weighted by molar-refractivity contribution is -0.143. The number of nitrogens with one attached hydrogen (secondary N) is 1. The largest absolute Gasteiger partial charge is 0.466 e. The molecule has 0 bridgehead atoms. The summed E-state index contributed by atoms with van der Waals surface area (Å²) in [4.78, 5) is 24.6. The van der Waals surface area contributed by atoms with Crippen LogP contribution in [0.5, 0.6) is 0 Å². The van der Waals surface area contributed by atoms with Crippen LogP contribution < -0.4 is 5.32 Å². The molecule has 0 rings (SSSR count). The van der Waals surface area contributed by atoms with Gasteiger partial charge in [-0.2, -0.15) is 0 Å². The van der Waals surface area contributed by atoms with Crippen molar-refractivity contribution in [3.63, 3.8) is 0 Å². The van der Waals surface area contributed by atoms with Crippen molar-refractivity contribution in [3.8, 4) is 0 Å². The van der Waals surface area contributed by atoms with Gasteiger partial charge < -0.3 is 20.3 Å². The Balaban J connectivity index is 3.43. The van der Waals surface area contributed by atoms with Crippen molar-refractivity contribution in [2.45, 2.75) is 386 Å². The zero-order chi connectivity index (χ0) is 56.4. The van der Waals surface area contributed by atoms with Crippen molar-refractivity contribution in [2.75, 3.05) is 13.2 Å². The molecule has 0 aliphatic rings. The number of aliphatic hydroxyl groups is 2. The highest BCUT2D eigenvalue weighted by Gasteiger charge is 2.18. The van der Waals surface area contributed by atoms with Gasteiger partial charge in [-0.15, -0.1) is 0 Å². The second-order valence-corrected chi connectivity index (χ2v) is 23.9. The smallest absolute Gasteiger partial charge is 0.305 e. The van der Waals surface area contributed by atoms with E-state index in [4.69, 9.17) is 4.74 Å². The van der Waals surface area contributed by atoms with E-state index in [9.17, 15) is 19.8 Å². The second kappa shape index (κ2) is 67.3. The van der Waals surface area contributed by atoms with Gasteiger partial charge in [0.1, 0.15) is 0 Å². The molecule has 0 saturated heterocycles. The van der Waals surface area contributed by atoms with Crippen LogP contribution in [-0.2, 0) is 14.3 Å². The summed E-state index contributed by atoms with van der Waals surface area (Å²) in [7, 11) is 0. The summed E-state index contributed by atoms with van der Waals surface area (Å²) in [5.41, 5.74) is 0. The topological polar surface area (TPSA) is 95.9 Å². The van der Waals surface area contributed by atoms with Crippen molar-refractivity contribution in [3.05, 3.63) is 48.6 Å². The van der Waals surface area contributed by atoms with Crippen LogP contribution in [0, 0.1) is 0 Å². The Bertz CT molecular complexity index is 1310. The molecule has 0 fully saturated rings. The quantitative estimate of drug-likeness (QED) is 0.0320. The van der Waals surface area contributed by atoms with Gasteiger partial charge >= 0.3 is 5.97 Å². The molecule has 3 N–H and O–H groups in total. The molecule has 0 aliphatic carbocycles. The maximum Gasteiger partial charge on any atom is 0.305 e. The van der Waals surface area contributed by atoms with E-state index in [1.807, 2.05) is 6.08 Å². The number of hydrogen-bond donors (Lipinski definition) is 3. The second-order valence-electron chi connectivity index (χ2n) is 23.9. The van der Waals surface area contributed by atoms with Gasteiger partial charge in [0.05, 0.1) is 25.4 Å². The first kappa shape index (κ1) is 75.8. The standard InChI is InChI=1S/C72H135NO5/c1-3-5-7-9-11-13-15-17-19-32-36-40-44-48-52-56-60-64-70(75)69(68-74)73-71(76)65-61-57-53-49-45-41-37-34-30-28-26-24-22-21-23-25-27-29-31-35-39-43-47-51-55-59-63-67-78-72(77)66-62-58-54-50-46-42-38-33-20-18-16-14-12-10-8-6-4-2/h18,20-22,25,27,60,64,69-70,74-75H,3-17,19,23-24,26,28-59,61-63,65-68H2,1-2H3,(H,73,76)/b20-18-,22-21-,27-25-,64-60+. The highest BCUT2D eigenvalue weighted by atomic mass is 16.5. The van der Waals surface area contributed by atoms with Gasteiger partial charge in [0, 0.05) is 12.8 Å². The number of unbranched alkanes of at least 4 members (excludes halogenated alkanes) is 48. The van der Waals surface area contributed by atoms with Crippen LogP contribution in [-0.4, -0.2) is 47.4 Å². The molecule has 0 aromatic rings. The van der Waals surface area contributed by atoms with E-state index >= 15 is 0 Å². The van der Waals surface area contributed by atoms with Gasteiger partial charge in [-0.3, -0.25) is 9.59 Å². The van der Waals surface area contributed by atoms with Crippen LogP contribution in [0.4, 0.5) is 0 Å². The van der Waals surface area contributed by atoms with E-state index in [-0.39, 0.29) is 18.5 Å². The Morgan fingerprint density at radius 3 is 0.987 bits per heavy atom. The molecule has 0 spiro atoms. The average molecular weight is 1090 g/mol. The Morgan fingerprint density at radius 1 is 0.359 bits per heavy atom. The predicted octanol–water partition coefficient (Wildman–Crippen LogP) is 22.5. The number of carbonyl (C=O) groups is 2. The maximum atomic E-state index is 12.5. The Labute approximate surface area is 486 Å². The molecule has 0 aromatic carbocycles. The number of ether oxygens (including phenoxy) is 1. The molecular weight excluding hydrogens is 959 g/mol. The Hall–Kier alpha value is -2.18. The fourth-order valence-electron chi connectivity index (χ4n) is 10.7. The molecule has 6 heteroatoms. The van der Waals surface area contributed by atoms with Crippen LogP contribution in [0.3, 0.4) is 0 Å². The van der Waals surface area contributed by atoms with Crippen LogP contribution in [0.2, 0.25) is 0 Å². The fraction of sp³-hybridized carbons (Fsp3) is 0.861. The normalized spacial score (nSPS) is 12.8. The first-order valence-electron chi connectivity index (χ1n) is 34.9. The van der Waals surface area contributed by atoms with Crippen LogP contribution >= 0.6 is 0 Å². The number of aliphatic hydroxyl groups excluding tert-OH is 2. The van der Waals surface area contributed by atoms with E-state index < -0.39 is 12.1 Å². The number of carbonyl (C=O) groups excluding carboxylic acids is 2. The number of esters is 1. The lowest BCUT2D eigenvalue weighted by Gasteiger charge is -2.20. The maximum absolute atomic E-state index is 12.5. The summed E-state index contributed by atoms with van der Waals surface area (Å²) < 4.78 is 5.49. The van der Waals surface area contributed by atoms with E-state index in [2.05, 4.69) is 55.6 Å². The summed E-state index contributed by atoms with van der Waals surface area (Å²) in [6, 6.07) is -0.631. The van der Waals surface area contributed by atoms with Crippen LogP contribution in [0.15, 0.2) is 48.6 Å². The summed E-state index contributed by atoms with van der Waals surface area (Å²) in [6.45, 7) is 4.92. The summed E-state index contributed by atoms with van der Waals surface area (Å²) >= 11 is 0. The van der Waals surface area contributed by atoms with Crippen LogP contribution in [0.1, 0.15) is 373 Å². The van der Waals surface area contributed by atoms with Crippen molar-refractivity contribution < 1.29 is 24.5 Å². The number of hydrogen-bond acceptors (Lipinski definition) is 5. The van der Waals surface area contributed by atoms with Crippen molar-refractivity contribution in [1.29, 1.82) is 0 Å². The van der Waals surface area contributed by atoms with Gasteiger partial charge in [0.25, 0.3) is 0 Å². The minimum Gasteiger partial charge on any atom is -0.466 e. The van der Waals surface area contributed by atoms with E-state index in [1.165, 1.54) is 295 Å². The molecule has 0 aliphatic heterocycles. The first-order valence-corrected chi connectivity index (χ1v) is 34.9. The zero-order valence-electron chi connectivity index (χ0n) is 52.4. The highest BCUT2D eigenvalue weighted by Crippen LogP contribution is 2.18. The van der Waals surface area contributed by atoms with Crippen molar-refractivity contribution in [1.82, 2.24) is 5.32 Å². The number of amides is 1. The molecule has 0 radical (unpaired) electrons. The Kier molecular flexibility index (Phi) is 65.4.